The van der Waals surface area contributed by atoms with Gasteiger partial charge in [-0.2, -0.15) is 5.10 Å². The normalized spacial score (nSPS) is 11.1. The van der Waals surface area contributed by atoms with Crippen LogP contribution in [0, 0.1) is 5.82 Å². The Bertz CT molecular complexity index is 674. The van der Waals surface area contributed by atoms with Crippen molar-refractivity contribution in [1.29, 1.82) is 0 Å². The van der Waals surface area contributed by atoms with Gasteiger partial charge in [0.25, 0.3) is 0 Å². The van der Waals surface area contributed by atoms with Crippen LogP contribution < -0.4 is 10.6 Å². The second kappa shape index (κ2) is 10.7. The third-order valence-electron chi connectivity index (χ3n) is 3.36. The summed E-state index contributed by atoms with van der Waals surface area (Å²) in [5.41, 5.74) is 1.70. The van der Waals surface area contributed by atoms with Crippen molar-refractivity contribution in [3.05, 3.63) is 52.0 Å². The van der Waals surface area contributed by atoms with E-state index in [4.69, 9.17) is 0 Å². The minimum Gasteiger partial charge on any atom is -0.357 e. The third kappa shape index (κ3) is 6.39. The first-order valence-corrected chi connectivity index (χ1v) is 8.32. The molecule has 1 heterocycles. The lowest BCUT2D eigenvalue weighted by Crippen LogP contribution is -2.38. The van der Waals surface area contributed by atoms with Crippen LogP contribution in [0.15, 0.2) is 39.9 Å². The van der Waals surface area contributed by atoms with Crippen molar-refractivity contribution in [2.24, 2.45) is 12.0 Å². The van der Waals surface area contributed by atoms with Gasteiger partial charge in [-0.05, 0) is 43.2 Å². The molecule has 2 N–H and O–H groups in total. The SMILES string of the molecule is CCNC(=NCc1ccnn1C)NCCc1cc(Br)ccc1F.I. The van der Waals surface area contributed by atoms with E-state index in [9.17, 15) is 4.39 Å². The predicted molar refractivity (Wildman–Crippen MR) is 109 cm³/mol. The van der Waals surface area contributed by atoms with E-state index >= 15 is 0 Å². The number of aromatic nitrogens is 2. The smallest absolute Gasteiger partial charge is 0.191 e. The number of guanidine groups is 1. The average molecular weight is 510 g/mol. The zero-order chi connectivity index (χ0) is 16.7. The summed E-state index contributed by atoms with van der Waals surface area (Å²) in [6, 6.07) is 6.91. The van der Waals surface area contributed by atoms with E-state index in [1.54, 1.807) is 23.0 Å². The molecule has 0 saturated heterocycles. The van der Waals surface area contributed by atoms with Gasteiger partial charge in [-0.25, -0.2) is 9.38 Å². The van der Waals surface area contributed by atoms with Gasteiger partial charge in [0.15, 0.2) is 5.96 Å². The van der Waals surface area contributed by atoms with Gasteiger partial charge in [-0.3, -0.25) is 4.68 Å². The molecule has 2 rings (SSSR count). The summed E-state index contributed by atoms with van der Waals surface area (Å²) < 4.78 is 16.4. The van der Waals surface area contributed by atoms with E-state index in [1.165, 1.54) is 6.07 Å². The van der Waals surface area contributed by atoms with Crippen molar-refractivity contribution in [2.45, 2.75) is 19.9 Å². The maximum absolute atomic E-state index is 13.7. The molecular formula is C16H22BrFIN5. The highest BCUT2D eigenvalue weighted by atomic mass is 127. The molecule has 1 aromatic heterocycles. The average Bonchev–Trinajstić information content (AvgIpc) is 2.93. The number of halogens is 3. The molecule has 0 bridgehead atoms. The molecular weight excluding hydrogens is 488 g/mol. The molecule has 0 spiro atoms. The zero-order valence-electron chi connectivity index (χ0n) is 13.7. The molecule has 0 aliphatic heterocycles. The van der Waals surface area contributed by atoms with Crippen molar-refractivity contribution in [3.63, 3.8) is 0 Å². The van der Waals surface area contributed by atoms with Crippen LogP contribution >= 0.6 is 39.9 Å². The van der Waals surface area contributed by atoms with Crippen molar-refractivity contribution in [2.75, 3.05) is 13.1 Å². The maximum atomic E-state index is 13.7. The first-order chi connectivity index (χ1) is 11.1. The van der Waals surface area contributed by atoms with Gasteiger partial charge < -0.3 is 10.6 Å². The van der Waals surface area contributed by atoms with Crippen molar-refractivity contribution >= 4 is 45.9 Å². The van der Waals surface area contributed by atoms with E-state index < -0.39 is 0 Å². The van der Waals surface area contributed by atoms with E-state index in [2.05, 4.69) is 36.7 Å². The molecule has 0 saturated carbocycles. The molecule has 0 amide bonds. The Morgan fingerprint density at radius 3 is 2.79 bits per heavy atom. The van der Waals surface area contributed by atoms with E-state index in [1.807, 2.05) is 20.0 Å². The first-order valence-electron chi connectivity index (χ1n) is 7.53. The molecule has 0 unspecified atom stereocenters. The summed E-state index contributed by atoms with van der Waals surface area (Å²) in [5, 5.41) is 10.5. The molecule has 2 aromatic rings. The maximum Gasteiger partial charge on any atom is 0.191 e. The van der Waals surface area contributed by atoms with Gasteiger partial charge in [0, 0.05) is 30.8 Å². The van der Waals surface area contributed by atoms with Crippen LogP contribution in [0.25, 0.3) is 0 Å². The standard InChI is InChI=1S/C16H21BrFN5.HI/c1-3-19-16(21-11-14-7-9-22-23(14)2)20-8-6-12-10-13(17)4-5-15(12)18;/h4-5,7,9-10H,3,6,8,11H2,1-2H3,(H2,19,20,21);1H. The summed E-state index contributed by atoms with van der Waals surface area (Å²) in [4.78, 5) is 4.52. The molecule has 8 heteroatoms. The Balaban J connectivity index is 0.00000288. The third-order valence-corrected chi connectivity index (χ3v) is 3.85. The molecule has 24 heavy (non-hydrogen) atoms. The van der Waals surface area contributed by atoms with Crippen LogP contribution in [0.5, 0.6) is 0 Å². The lowest BCUT2D eigenvalue weighted by atomic mass is 10.1. The fourth-order valence-electron chi connectivity index (χ4n) is 2.11. The Hall–Kier alpha value is -1.16. The predicted octanol–water partition coefficient (Wildman–Crippen LogP) is 3.24. The highest BCUT2D eigenvalue weighted by Gasteiger charge is 2.04. The van der Waals surface area contributed by atoms with Gasteiger partial charge in [0.05, 0.1) is 12.2 Å². The summed E-state index contributed by atoms with van der Waals surface area (Å²) in [6.07, 6.45) is 2.34. The highest BCUT2D eigenvalue weighted by molar-refractivity contribution is 14.0. The Morgan fingerprint density at radius 1 is 1.33 bits per heavy atom. The minimum atomic E-state index is -0.188. The van der Waals surface area contributed by atoms with E-state index in [0.717, 1.165) is 16.7 Å². The fourth-order valence-corrected chi connectivity index (χ4v) is 2.52. The van der Waals surface area contributed by atoms with Gasteiger partial charge in [0.2, 0.25) is 0 Å². The number of nitrogens with zero attached hydrogens (tertiary/aromatic N) is 3. The largest absolute Gasteiger partial charge is 0.357 e. The van der Waals surface area contributed by atoms with Crippen molar-refractivity contribution in [3.8, 4) is 0 Å². The van der Waals surface area contributed by atoms with Crippen molar-refractivity contribution < 1.29 is 4.39 Å². The monoisotopic (exact) mass is 509 g/mol. The molecule has 132 valence electrons. The fraction of sp³-hybridized carbons (Fsp3) is 0.375. The Kier molecular flexibility index (Phi) is 9.27. The van der Waals surface area contributed by atoms with Crippen LogP contribution in [0.2, 0.25) is 0 Å². The number of hydrogen-bond acceptors (Lipinski definition) is 2. The van der Waals surface area contributed by atoms with Gasteiger partial charge in [-0.15, -0.1) is 24.0 Å². The second-order valence-corrected chi connectivity index (χ2v) is 5.97. The van der Waals surface area contributed by atoms with Gasteiger partial charge in [0.1, 0.15) is 5.82 Å². The number of nitrogens with one attached hydrogen (secondary N) is 2. The molecule has 5 nitrogen and oxygen atoms in total. The first kappa shape index (κ1) is 20.9. The lowest BCUT2D eigenvalue weighted by molar-refractivity contribution is 0.606. The number of aryl methyl sites for hydroxylation is 1. The van der Waals surface area contributed by atoms with Gasteiger partial charge >= 0.3 is 0 Å². The topological polar surface area (TPSA) is 54.2 Å². The number of aliphatic imine (C=N–C) groups is 1. The quantitative estimate of drug-likeness (QED) is 0.357. The Labute approximate surface area is 167 Å². The summed E-state index contributed by atoms with van der Waals surface area (Å²) in [5.74, 6) is 0.524. The zero-order valence-corrected chi connectivity index (χ0v) is 17.6. The Morgan fingerprint density at radius 2 is 2.12 bits per heavy atom. The van der Waals surface area contributed by atoms with Crippen LogP contribution in [0.3, 0.4) is 0 Å². The molecule has 1 aromatic carbocycles. The van der Waals surface area contributed by atoms with Crippen LogP contribution in [0.1, 0.15) is 18.2 Å². The molecule has 0 radical (unpaired) electrons. The van der Waals surface area contributed by atoms with Crippen LogP contribution in [-0.4, -0.2) is 28.8 Å². The second-order valence-electron chi connectivity index (χ2n) is 5.05. The van der Waals surface area contributed by atoms with Crippen molar-refractivity contribution in [1.82, 2.24) is 20.4 Å². The van der Waals surface area contributed by atoms with Gasteiger partial charge in [-0.1, -0.05) is 15.9 Å². The molecule has 0 aliphatic carbocycles. The highest BCUT2D eigenvalue weighted by Crippen LogP contribution is 2.15. The minimum absolute atomic E-state index is 0. The summed E-state index contributed by atoms with van der Waals surface area (Å²) in [6.45, 7) is 3.92. The molecule has 0 fully saturated rings. The number of hydrogen-bond donors (Lipinski definition) is 2. The van der Waals surface area contributed by atoms with Crippen LogP contribution in [-0.2, 0) is 20.0 Å². The molecule has 0 atom stereocenters. The summed E-state index contributed by atoms with van der Waals surface area (Å²) >= 11 is 3.36. The number of benzene rings is 1. The number of rotatable bonds is 6. The van der Waals surface area contributed by atoms with E-state index in [0.29, 0.717) is 31.0 Å². The lowest BCUT2D eigenvalue weighted by Gasteiger charge is -2.12. The molecule has 0 aliphatic rings. The summed E-state index contributed by atoms with van der Waals surface area (Å²) in [7, 11) is 1.89. The van der Waals surface area contributed by atoms with E-state index in [-0.39, 0.29) is 29.8 Å². The van der Waals surface area contributed by atoms with Crippen LogP contribution in [0.4, 0.5) is 4.39 Å².